The fourth-order valence-corrected chi connectivity index (χ4v) is 2.03. The van der Waals surface area contributed by atoms with E-state index in [4.69, 9.17) is 10.00 Å². The van der Waals surface area contributed by atoms with Crippen LogP contribution < -0.4 is 10.1 Å². The van der Waals surface area contributed by atoms with Crippen LogP contribution in [0.2, 0.25) is 0 Å². The van der Waals surface area contributed by atoms with Gasteiger partial charge in [0.05, 0.1) is 11.6 Å². The number of ether oxygens (including phenoxy) is 1. The molecule has 1 aromatic heterocycles. The maximum absolute atomic E-state index is 8.79. The molecule has 5 heteroatoms. The number of anilines is 1. The highest BCUT2D eigenvalue weighted by molar-refractivity contribution is 9.10. The van der Waals surface area contributed by atoms with E-state index in [-0.39, 0.29) is 0 Å². The summed E-state index contributed by atoms with van der Waals surface area (Å²) in [6, 6.07) is 11.5. The Morgan fingerprint density at radius 2 is 2.21 bits per heavy atom. The van der Waals surface area contributed by atoms with Crippen LogP contribution in [0.3, 0.4) is 0 Å². The van der Waals surface area contributed by atoms with Crippen molar-refractivity contribution in [2.75, 3.05) is 12.4 Å². The minimum atomic E-state index is 0.424. The molecule has 2 rings (SSSR count). The van der Waals surface area contributed by atoms with Crippen molar-refractivity contribution in [3.63, 3.8) is 0 Å². The normalized spacial score (nSPS) is 9.74. The lowest BCUT2D eigenvalue weighted by atomic mass is 10.2. The van der Waals surface area contributed by atoms with E-state index in [2.05, 4.69) is 26.2 Å². The number of nitriles is 1. The summed E-state index contributed by atoms with van der Waals surface area (Å²) in [4.78, 5) is 3.94. The van der Waals surface area contributed by atoms with Crippen LogP contribution in [-0.2, 0) is 6.54 Å². The maximum atomic E-state index is 8.79. The predicted octanol–water partition coefficient (Wildman–Crippen LogP) is 3.34. The Balaban J connectivity index is 2.08. The average molecular weight is 318 g/mol. The standard InChI is InChI=1S/C14H12BrN3O/c1-19-14-7-11(2-3-13(14)15)18-9-10-4-5-17-12(6-10)8-16/h2-7,18H,9H2,1H3. The number of hydrogen-bond acceptors (Lipinski definition) is 4. The van der Waals surface area contributed by atoms with Crippen LogP contribution in [-0.4, -0.2) is 12.1 Å². The van der Waals surface area contributed by atoms with Crippen molar-refractivity contribution in [2.45, 2.75) is 6.54 Å². The lowest BCUT2D eigenvalue weighted by Gasteiger charge is -2.09. The third-order valence-electron chi connectivity index (χ3n) is 2.59. The number of halogens is 1. The Morgan fingerprint density at radius 1 is 1.37 bits per heavy atom. The molecule has 0 saturated carbocycles. The molecule has 1 heterocycles. The highest BCUT2D eigenvalue weighted by Crippen LogP contribution is 2.27. The van der Waals surface area contributed by atoms with Crippen molar-refractivity contribution in [1.29, 1.82) is 5.26 Å². The second kappa shape index (κ2) is 6.21. The lowest BCUT2D eigenvalue weighted by Crippen LogP contribution is -2.00. The van der Waals surface area contributed by atoms with Gasteiger partial charge in [-0.05, 0) is 45.8 Å². The zero-order chi connectivity index (χ0) is 13.7. The van der Waals surface area contributed by atoms with Crippen LogP contribution >= 0.6 is 15.9 Å². The Hall–Kier alpha value is -2.06. The van der Waals surface area contributed by atoms with Crippen LogP contribution in [0.4, 0.5) is 5.69 Å². The molecule has 2 aromatic rings. The van der Waals surface area contributed by atoms with E-state index in [0.717, 1.165) is 21.5 Å². The Labute approximate surface area is 120 Å². The monoisotopic (exact) mass is 317 g/mol. The van der Waals surface area contributed by atoms with Gasteiger partial charge in [-0.15, -0.1) is 0 Å². The van der Waals surface area contributed by atoms with Crippen molar-refractivity contribution in [2.24, 2.45) is 0 Å². The second-order valence-electron chi connectivity index (χ2n) is 3.86. The number of nitrogens with one attached hydrogen (secondary N) is 1. The molecule has 96 valence electrons. The van der Waals surface area contributed by atoms with Gasteiger partial charge in [0.25, 0.3) is 0 Å². The van der Waals surface area contributed by atoms with Gasteiger partial charge < -0.3 is 10.1 Å². The predicted molar refractivity (Wildman–Crippen MR) is 77.0 cm³/mol. The third kappa shape index (κ3) is 3.46. The molecule has 4 nitrogen and oxygen atoms in total. The van der Waals surface area contributed by atoms with Gasteiger partial charge in [-0.2, -0.15) is 5.26 Å². The summed E-state index contributed by atoms with van der Waals surface area (Å²) in [6.45, 7) is 0.627. The molecular weight excluding hydrogens is 306 g/mol. The Kier molecular flexibility index (Phi) is 4.37. The van der Waals surface area contributed by atoms with Crippen LogP contribution in [0, 0.1) is 11.3 Å². The molecule has 0 aliphatic heterocycles. The van der Waals surface area contributed by atoms with Gasteiger partial charge in [0.15, 0.2) is 0 Å². The van der Waals surface area contributed by atoms with E-state index < -0.39 is 0 Å². The van der Waals surface area contributed by atoms with Crippen molar-refractivity contribution in [3.8, 4) is 11.8 Å². The van der Waals surface area contributed by atoms with Gasteiger partial charge in [0.1, 0.15) is 17.5 Å². The van der Waals surface area contributed by atoms with E-state index in [1.807, 2.05) is 30.3 Å². The molecule has 0 bridgehead atoms. The molecule has 0 amide bonds. The van der Waals surface area contributed by atoms with E-state index in [0.29, 0.717) is 12.2 Å². The fourth-order valence-electron chi connectivity index (χ4n) is 1.62. The molecular formula is C14H12BrN3O. The van der Waals surface area contributed by atoms with Gasteiger partial charge >= 0.3 is 0 Å². The number of pyridine rings is 1. The number of aromatic nitrogens is 1. The smallest absolute Gasteiger partial charge is 0.140 e. The molecule has 19 heavy (non-hydrogen) atoms. The van der Waals surface area contributed by atoms with E-state index >= 15 is 0 Å². The number of methoxy groups -OCH3 is 1. The molecule has 1 aromatic carbocycles. The quantitative estimate of drug-likeness (QED) is 0.939. The minimum absolute atomic E-state index is 0.424. The average Bonchev–Trinajstić information content (AvgIpc) is 2.46. The van der Waals surface area contributed by atoms with Gasteiger partial charge in [0.2, 0.25) is 0 Å². The Bertz CT molecular complexity index is 622. The summed E-state index contributed by atoms with van der Waals surface area (Å²) in [5.41, 5.74) is 2.39. The van der Waals surface area contributed by atoms with Crippen molar-refractivity contribution in [1.82, 2.24) is 4.98 Å². The van der Waals surface area contributed by atoms with Gasteiger partial charge in [0, 0.05) is 24.5 Å². The number of rotatable bonds is 4. The highest BCUT2D eigenvalue weighted by atomic mass is 79.9. The van der Waals surface area contributed by atoms with Crippen molar-refractivity contribution < 1.29 is 4.74 Å². The molecule has 0 aliphatic rings. The molecule has 0 spiro atoms. The summed E-state index contributed by atoms with van der Waals surface area (Å²) in [6.07, 6.45) is 1.64. The lowest BCUT2D eigenvalue weighted by molar-refractivity contribution is 0.412. The zero-order valence-electron chi connectivity index (χ0n) is 10.4. The molecule has 0 unspecified atom stereocenters. The molecule has 0 aliphatic carbocycles. The van der Waals surface area contributed by atoms with Crippen molar-refractivity contribution in [3.05, 3.63) is 52.3 Å². The molecule has 0 fully saturated rings. The maximum Gasteiger partial charge on any atom is 0.140 e. The minimum Gasteiger partial charge on any atom is -0.495 e. The van der Waals surface area contributed by atoms with Crippen LogP contribution in [0.1, 0.15) is 11.3 Å². The van der Waals surface area contributed by atoms with E-state index in [1.165, 1.54) is 0 Å². The second-order valence-corrected chi connectivity index (χ2v) is 4.72. The fraction of sp³-hybridized carbons (Fsp3) is 0.143. The van der Waals surface area contributed by atoms with Gasteiger partial charge in [-0.1, -0.05) is 0 Å². The van der Waals surface area contributed by atoms with E-state index in [1.54, 1.807) is 19.4 Å². The first-order valence-electron chi connectivity index (χ1n) is 5.65. The third-order valence-corrected chi connectivity index (χ3v) is 3.24. The molecule has 0 saturated heterocycles. The van der Waals surface area contributed by atoms with Crippen molar-refractivity contribution >= 4 is 21.6 Å². The first kappa shape index (κ1) is 13.4. The summed E-state index contributed by atoms with van der Waals surface area (Å²) < 4.78 is 6.15. The molecule has 1 N–H and O–H groups in total. The SMILES string of the molecule is COc1cc(NCc2ccnc(C#N)c2)ccc1Br. The van der Waals surface area contributed by atoms with Gasteiger partial charge in [-0.3, -0.25) is 0 Å². The summed E-state index contributed by atoms with van der Waals surface area (Å²) >= 11 is 3.41. The van der Waals surface area contributed by atoms with Crippen LogP contribution in [0.15, 0.2) is 41.0 Å². The topological polar surface area (TPSA) is 57.9 Å². The van der Waals surface area contributed by atoms with Crippen LogP contribution in [0.25, 0.3) is 0 Å². The zero-order valence-corrected chi connectivity index (χ0v) is 11.9. The highest BCUT2D eigenvalue weighted by Gasteiger charge is 2.02. The van der Waals surface area contributed by atoms with E-state index in [9.17, 15) is 0 Å². The Morgan fingerprint density at radius 3 is 2.95 bits per heavy atom. The number of nitrogens with zero attached hydrogens (tertiary/aromatic N) is 2. The summed E-state index contributed by atoms with van der Waals surface area (Å²) in [5, 5.41) is 12.1. The number of benzene rings is 1. The number of hydrogen-bond donors (Lipinski definition) is 1. The molecule has 0 atom stereocenters. The summed E-state index contributed by atoms with van der Waals surface area (Å²) in [7, 11) is 1.63. The summed E-state index contributed by atoms with van der Waals surface area (Å²) in [5.74, 6) is 0.775. The first-order valence-corrected chi connectivity index (χ1v) is 6.44. The largest absolute Gasteiger partial charge is 0.495 e. The van der Waals surface area contributed by atoms with Crippen LogP contribution in [0.5, 0.6) is 5.75 Å². The van der Waals surface area contributed by atoms with Gasteiger partial charge in [-0.25, -0.2) is 4.98 Å². The first-order chi connectivity index (χ1) is 9.22. The molecule has 0 radical (unpaired) electrons.